The normalized spacial score (nSPS) is 14.6. The molecule has 2 aromatic rings. The average molecular weight is 336 g/mol. The Morgan fingerprint density at radius 3 is 2.48 bits per heavy atom. The Balaban J connectivity index is 1.65. The first kappa shape index (κ1) is 17.2. The Hall–Kier alpha value is -2.62. The molecule has 0 aromatic heterocycles. The number of nitrogens with one attached hydrogen (secondary N) is 1. The zero-order valence-electron chi connectivity index (χ0n) is 15.0. The number of carbonyl (C=O) groups is 2. The third kappa shape index (κ3) is 3.73. The molecule has 0 radical (unpaired) electrons. The van der Waals surface area contributed by atoms with Gasteiger partial charge in [-0.15, -0.1) is 0 Å². The Morgan fingerprint density at radius 1 is 1.04 bits per heavy atom. The van der Waals surface area contributed by atoms with Crippen molar-refractivity contribution in [1.82, 2.24) is 10.2 Å². The molecule has 0 saturated carbocycles. The summed E-state index contributed by atoms with van der Waals surface area (Å²) in [6.07, 6.45) is 0.861. The summed E-state index contributed by atoms with van der Waals surface area (Å²) in [6.45, 7) is 7.05. The minimum Gasteiger partial charge on any atom is -0.341 e. The van der Waals surface area contributed by atoms with E-state index in [1.165, 1.54) is 11.1 Å². The van der Waals surface area contributed by atoms with Crippen molar-refractivity contribution in [1.29, 1.82) is 0 Å². The van der Waals surface area contributed by atoms with E-state index in [0.29, 0.717) is 18.7 Å². The molecule has 3 rings (SSSR count). The van der Waals surface area contributed by atoms with E-state index in [2.05, 4.69) is 17.4 Å². The molecule has 1 heterocycles. The summed E-state index contributed by atoms with van der Waals surface area (Å²) in [6, 6.07) is 13.2. The number of aryl methyl sites for hydroxylation is 2. The molecule has 1 N–H and O–H groups in total. The fourth-order valence-corrected chi connectivity index (χ4v) is 3.18. The standard InChI is InChI=1S/C21H24N2O2/c1-14-8-9-18(12-15(14)2)20(24)22-16(3)21(25)23-11-10-17-6-4-5-7-19(17)13-23/h4-9,12,16H,10-11,13H2,1-3H3,(H,22,24)/t16-/m0/s1. The maximum Gasteiger partial charge on any atom is 0.251 e. The second kappa shape index (κ2) is 7.09. The molecule has 0 fully saturated rings. The van der Waals surface area contributed by atoms with Gasteiger partial charge in [0.25, 0.3) is 5.91 Å². The molecule has 0 saturated heterocycles. The van der Waals surface area contributed by atoms with Gasteiger partial charge in [-0.1, -0.05) is 30.3 Å². The second-order valence-electron chi connectivity index (χ2n) is 6.77. The minimum atomic E-state index is -0.542. The van der Waals surface area contributed by atoms with Crippen LogP contribution in [0.2, 0.25) is 0 Å². The monoisotopic (exact) mass is 336 g/mol. The first-order valence-corrected chi connectivity index (χ1v) is 8.69. The van der Waals surface area contributed by atoms with Gasteiger partial charge in [0.2, 0.25) is 5.91 Å². The first-order chi connectivity index (χ1) is 12.0. The van der Waals surface area contributed by atoms with E-state index in [1.54, 1.807) is 13.0 Å². The zero-order chi connectivity index (χ0) is 18.0. The smallest absolute Gasteiger partial charge is 0.251 e. The quantitative estimate of drug-likeness (QED) is 0.937. The highest BCUT2D eigenvalue weighted by Crippen LogP contribution is 2.19. The average Bonchev–Trinajstić information content (AvgIpc) is 2.62. The lowest BCUT2D eigenvalue weighted by Crippen LogP contribution is -2.48. The molecule has 1 atom stereocenters. The summed E-state index contributed by atoms with van der Waals surface area (Å²) < 4.78 is 0. The molecule has 1 aliphatic heterocycles. The molecule has 0 unspecified atom stereocenters. The van der Waals surface area contributed by atoms with Gasteiger partial charge in [-0.2, -0.15) is 0 Å². The van der Waals surface area contributed by atoms with Gasteiger partial charge in [0, 0.05) is 18.7 Å². The number of hydrogen-bond acceptors (Lipinski definition) is 2. The van der Waals surface area contributed by atoms with Crippen molar-refractivity contribution < 1.29 is 9.59 Å². The van der Waals surface area contributed by atoms with Crippen LogP contribution in [0.4, 0.5) is 0 Å². The lowest BCUT2D eigenvalue weighted by atomic mass is 9.99. The molecule has 0 bridgehead atoms. The predicted molar refractivity (Wildman–Crippen MR) is 98.4 cm³/mol. The summed E-state index contributed by atoms with van der Waals surface area (Å²) in [7, 11) is 0. The number of fused-ring (bicyclic) bond motifs is 1. The maximum atomic E-state index is 12.7. The van der Waals surface area contributed by atoms with Crippen LogP contribution in [0.15, 0.2) is 42.5 Å². The van der Waals surface area contributed by atoms with Crippen molar-refractivity contribution >= 4 is 11.8 Å². The molecular formula is C21H24N2O2. The molecule has 130 valence electrons. The summed E-state index contributed by atoms with van der Waals surface area (Å²) in [5.41, 5.74) is 5.30. The van der Waals surface area contributed by atoms with Crippen molar-refractivity contribution in [2.24, 2.45) is 0 Å². The number of rotatable bonds is 3. The van der Waals surface area contributed by atoms with Crippen molar-refractivity contribution in [3.05, 3.63) is 70.3 Å². The van der Waals surface area contributed by atoms with Crippen LogP contribution >= 0.6 is 0 Å². The lowest BCUT2D eigenvalue weighted by Gasteiger charge is -2.31. The van der Waals surface area contributed by atoms with E-state index >= 15 is 0 Å². The highest BCUT2D eigenvalue weighted by molar-refractivity contribution is 5.97. The van der Waals surface area contributed by atoms with Crippen LogP contribution in [0.5, 0.6) is 0 Å². The Kier molecular flexibility index (Phi) is 4.88. The van der Waals surface area contributed by atoms with Crippen LogP contribution in [0, 0.1) is 13.8 Å². The summed E-state index contributed by atoms with van der Waals surface area (Å²) in [5, 5.41) is 2.83. The van der Waals surface area contributed by atoms with Crippen LogP contribution in [0.3, 0.4) is 0 Å². The van der Waals surface area contributed by atoms with Crippen LogP contribution in [-0.4, -0.2) is 29.3 Å². The van der Waals surface area contributed by atoms with Gasteiger partial charge in [0.1, 0.15) is 6.04 Å². The number of carbonyl (C=O) groups excluding carboxylic acids is 2. The van der Waals surface area contributed by atoms with Crippen LogP contribution in [0.25, 0.3) is 0 Å². The molecule has 4 heteroatoms. The largest absolute Gasteiger partial charge is 0.341 e. The van der Waals surface area contributed by atoms with E-state index in [4.69, 9.17) is 0 Å². The minimum absolute atomic E-state index is 0.0355. The van der Waals surface area contributed by atoms with Gasteiger partial charge in [-0.05, 0) is 61.6 Å². The molecular weight excluding hydrogens is 312 g/mol. The van der Waals surface area contributed by atoms with E-state index in [0.717, 1.165) is 17.5 Å². The second-order valence-corrected chi connectivity index (χ2v) is 6.77. The Morgan fingerprint density at radius 2 is 1.76 bits per heavy atom. The topological polar surface area (TPSA) is 49.4 Å². The number of benzene rings is 2. The zero-order valence-corrected chi connectivity index (χ0v) is 15.0. The van der Waals surface area contributed by atoms with Crippen LogP contribution < -0.4 is 5.32 Å². The summed E-state index contributed by atoms with van der Waals surface area (Å²) in [5.74, 6) is -0.243. The van der Waals surface area contributed by atoms with E-state index in [-0.39, 0.29) is 11.8 Å². The highest BCUT2D eigenvalue weighted by Gasteiger charge is 2.25. The molecule has 0 spiro atoms. The van der Waals surface area contributed by atoms with Crippen molar-refractivity contribution in [2.45, 2.75) is 39.8 Å². The van der Waals surface area contributed by atoms with Gasteiger partial charge in [-0.25, -0.2) is 0 Å². The van der Waals surface area contributed by atoms with Gasteiger partial charge in [0.15, 0.2) is 0 Å². The molecule has 2 aromatic carbocycles. The molecule has 2 amide bonds. The van der Waals surface area contributed by atoms with Gasteiger partial charge in [-0.3, -0.25) is 9.59 Å². The van der Waals surface area contributed by atoms with Gasteiger partial charge in [0.05, 0.1) is 0 Å². The number of amides is 2. The molecule has 0 aliphatic carbocycles. The van der Waals surface area contributed by atoms with Crippen molar-refractivity contribution in [3.63, 3.8) is 0 Å². The van der Waals surface area contributed by atoms with Crippen LogP contribution in [0.1, 0.15) is 39.5 Å². The molecule has 4 nitrogen and oxygen atoms in total. The molecule has 25 heavy (non-hydrogen) atoms. The van der Waals surface area contributed by atoms with Gasteiger partial charge >= 0.3 is 0 Å². The SMILES string of the molecule is Cc1ccc(C(=O)N[C@@H](C)C(=O)N2CCc3ccccc3C2)cc1C. The lowest BCUT2D eigenvalue weighted by molar-refractivity contribution is -0.133. The number of nitrogens with zero attached hydrogens (tertiary/aromatic N) is 1. The Bertz CT molecular complexity index is 813. The van der Waals surface area contributed by atoms with Gasteiger partial charge < -0.3 is 10.2 Å². The fraction of sp³-hybridized carbons (Fsp3) is 0.333. The number of hydrogen-bond donors (Lipinski definition) is 1. The Labute approximate surface area is 148 Å². The van der Waals surface area contributed by atoms with Crippen LogP contribution in [-0.2, 0) is 17.8 Å². The third-order valence-electron chi connectivity index (χ3n) is 4.93. The predicted octanol–water partition coefficient (Wildman–Crippen LogP) is 3.01. The van der Waals surface area contributed by atoms with E-state index in [1.807, 2.05) is 43.0 Å². The van der Waals surface area contributed by atoms with Crippen molar-refractivity contribution in [2.75, 3.05) is 6.54 Å². The highest BCUT2D eigenvalue weighted by atomic mass is 16.2. The maximum absolute atomic E-state index is 12.7. The summed E-state index contributed by atoms with van der Waals surface area (Å²) in [4.78, 5) is 27.0. The van der Waals surface area contributed by atoms with E-state index < -0.39 is 6.04 Å². The fourth-order valence-electron chi connectivity index (χ4n) is 3.18. The van der Waals surface area contributed by atoms with Crippen molar-refractivity contribution in [3.8, 4) is 0 Å². The van der Waals surface area contributed by atoms with E-state index in [9.17, 15) is 9.59 Å². The third-order valence-corrected chi connectivity index (χ3v) is 4.93. The summed E-state index contributed by atoms with van der Waals surface area (Å²) >= 11 is 0. The molecule has 1 aliphatic rings. The first-order valence-electron chi connectivity index (χ1n) is 8.69.